The maximum atomic E-state index is 13.6. The van der Waals surface area contributed by atoms with Crippen LogP contribution in [0.4, 0.5) is 0 Å². The van der Waals surface area contributed by atoms with Crippen molar-refractivity contribution in [3.8, 4) is 11.5 Å². The van der Waals surface area contributed by atoms with E-state index in [1.807, 2.05) is 22.8 Å². The smallest absolute Gasteiger partial charge is 0.271 e. The van der Waals surface area contributed by atoms with Crippen molar-refractivity contribution in [2.45, 2.75) is 18.9 Å². The van der Waals surface area contributed by atoms with Gasteiger partial charge in [-0.1, -0.05) is 47.7 Å². The molecule has 6 rings (SSSR count). The lowest BCUT2D eigenvalue weighted by Gasteiger charge is -2.30. The van der Waals surface area contributed by atoms with Gasteiger partial charge in [-0.05, 0) is 59.2 Å². The standard InChI is InChI=1S/C26H20N2O3S2/c1-31-20-11-8-15(13-19(20)29)14-22-25(30)28-24(21-7-4-12-32-21)18-10-9-16-5-2-3-6-17(16)23(18)27-26(28)33-22/h2-8,11-14,24,29H,9-10H2,1H3/b22-14+/t24-/m0/s1. The predicted octanol–water partition coefficient (Wildman–Crippen LogP) is 4.09. The van der Waals surface area contributed by atoms with Crippen LogP contribution in [0.1, 0.15) is 34.0 Å². The summed E-state index contributed by atoms with van der Waals surface area (Å²) < 4.78 is 7.57. The van der Waals surface area contributed by atoms with Crippen molar-refractivity contribution >= 4 is 34.4 Å². The number of rotatable bonds is 3. The van der Waals surface area contributed by atoms with Gasteiger partial charge >= 0.3 is 0 Å². The summed E-state index contributed by atoms with van der Waals surface area (Å²) in [5.74, 6) is 0.445. The molecule has 2 aliphatic rings. The Kier molecular flexibility index (Phi) is 4.81. The van der Waals surface area contributed by atoms with Crippen LogP contribution < -0.4 is 19.6 Å². The third-order valence-corrected chi connectivity index (χ3v) is 8.09. The lowest BCUT2D eigenvalue weighted by molar-refractivity contribution is 0.373. The van der Waals surface area contributed by atoms with Gasteiger partial charge in [0.2, 0.25) is 0 Å². The van der Waals surface area contributed by atoms with E-state index >= 15 is 0 Å². The van der Waals surface area contributed by atoms with Gasteiger partial charge in [-0.15, -0.1) is 11.3 Å². The molecule has 1 aliphatic carbocycles. The number of nitrogens with zero attached hydrogens (tertiary/aromatic N) is 2. The molecule has 0 amide bonds. The number of phenolic OH excluding ortho intramolecular Hbond substituents is 1. The predicted molar refractivity (Wildman–Crippen MR) is 132 cm³/mol. The Hall–Kier alpha value is -3.42. The van der Waals surface area contributed by atoms with Crippen molar-refractivity contribution in [3.63, 3.8) is 0 Å². The number of ether oxygens (including phenoxy) is 1. The highest BCUT2D eigenvalue weighted by molar-refractivity contribution is 7.10. The summed E-state index contributed by atoms with van der Waals surface area (Å²) >= 11 is 3.06. The average Bonchev–Trinajstić information content (AvgIpc) is 3.46. The van der Waals surface area contributed by atoms with Crippen molar-refractivity contribution in [2.75, 3.05) is 7.11 Å². The highest BCUT2D eigenvalue weighted by Gasteiger charge is 2.32. The van der Waals surface area contributed by atoms with Crippen molar-refractivity contribution in [2.24, 2.45) is 4.99 Å². The fraction of sp³-hybridized carbons (Fsp3) is 0.154. The minimum atomic E-state index is -0.143. The number of aryl methyl sites for hydroxylation is 1. The Labute approximate surface area is 197 Å². The number of hydrogen-bond donors (Lipinski definition) is 1. The number of benzene rings is 2. The summed E-state index contributed by atoms with van der Waals surface area (Å²) in [6.07, 6.45) is 3.64. The molecule has 33 heavy (non-hydrogen) atoms. The number of hydrogen-bond acceptors (Lipinski definition) is 6. The molecule has 0 radical (unpaired) electrons. The molecule has 7 heteroatoms. The van der Waals surface area contributed by atoms with E-state index in [-0.39, 0.29) is 17.4 Å². The van der Waals surface area contributed by atoms with Crippen LogP contribution in [0, 0.1) is 0 Å². The second kappa shape index (κ2) is 7.86. The van der Waals surface area contributed by atoms with Crippen molar-refractivity contribution < 1.29 is 9.84 Å². The zero-order chi connectivity index (χ0) is 22.5. The van der Waals surface area contributed by atoms with Crippen LogP contribution >= 0.6 is 22.7 Å². The van der Waals surface area contributed by atoms with E-state index in [1.165, 1.54) is 29.6 Å². The summed E-state index contributed by atoms with van der Waals surface area (Å²) in [4.78, 5) is 20.5. The van der Waals surface area contributed by atoms with Gasteiger partial charge in [0.15, 0.2) is 16.3 Å². The van der Waals surface area contributed by atoms with Gasteiger partial charge in [-0.2, -0.15) is 0 Å². The maximum absolute atomic E-state index is 13.6. The number of thiazole rings is 1. The normalized spacial score (nSPS) is 17.2. The number of allylic oxidation sites excluding steroid dienone is 1. The van der Waals surface area contributed by atoms with Crippen LogP contribution in [0.3, 0.4) is 0 Å². The zero-order valence-electron chi connectivity index (χ0n) is 17.8. The monoisotopic (exact) mass is 472 g/mol. The zero-order valence-corrected chi connectivity index (χ0v) is 19.5. The van der Waals surface area contributed by atoms with Crippen LogP contribution in [0.2, 0.25) is 0 Å². The summed E-state index contributed by atoms with van der Waals surface area (Å²) in [6, 6.07) is 17.5. The van der Waals surface area contributed by atoms with Crippen LogP contribution in [0.25, 0.3) is 11.8 Å². The third-order valence-electron chi connectivity index (χ3n) is 6.19. The summed E-state index contributed by atoms with van der Waals surface area (Å²) in [7, 11) is 1.51. The average molecular weight is 473 g/mol. The number of aromatic hydroxyl groups is 1. The SMILES string of the molecule is COc1ccc(/C=c2/sc3n(c2=O)[C@H](c2cccs2)C2=C(N=3)c3ccccc3CC2)cc1O. The molecule has 0 unspecified atom stereocenters. The lowest BCUT2D eigenvalue weighted by Crippen LogP contribution is -2.38. The fourth-order valence-electron chi connectivity index (χ4n) is 4.67. The van der Waals surface area contributed by atoms with Gasteiger partial charge in [0, 0.05) is 10.4 Å². The quantitative estimate of drug-likeness (QED) is 0.488. The van der Waals surface area contributed by atoms with E-state index in [0.29, 0.717) is 15.1 Å². The highest BCUT2D eigenvalue weighted by Crippen LogP contribution is 2.42. The Morgan fingerprint density at radius 1 is 1.15 bits per heavy atom. The molecule has 0 bridgehead atoms. The van der Waals surface area contributed by atoms with Gasteiger partial charge in [0.1, 0.15) is 0 Å². The molecular formula is C26H20N2O3S2. The maximum Gasteiger partial charge on any atom is 0.271 e. The lowest BCUT2D eigenvalue weighted by atomic mass is 9.85. The largest absolute Gasteiger partial charge is 0.504 e. The topological polar surface area (TPSA) is 63.8 Å². The minimum absolute atomic E-state index is 0.0440. The first-order chi connectivity index (χ1) is 16.1. The first-order valence-electron chi connectivity index (χ1n) is 10.7. The number of aromatic nitrogens is 1. The molecule has 0 spiro atoms. The Balaban J connectivity index is 1.59. The molecule has 0 fully saturated rings. The Morgan fingerprint density at radius 2 is 2.03 bits per heavy atom. The van der Waals surface area contributed by atoms with Gasteiger partial charge in [0.25, 0.3) is 5.56 Å². The summed E-state index contributed by atoms with van der Waals surface area (Å²) in [6.45, 7) is 0. The van der Waals surface area contributed by atoms with Crippen LogP contribution in [0.15, 0.2) is 75.3 Å². The van der Waals surface area contributed by atoms with Crippen molar-refractivity contribution in [1.82, 2.24) is 4.57 Å². The van der Waals surface area contributed by atoms with Gasteiger partial charge in [-0.3, -0.25) is 9.36 Å². The number of fused-ring (bicyclic) bond motifs is 3. The van der Waals surface area contributed by atoms with E-state index in [0.717, 1.165) is 34.5 Å². The summed E-state index contributed by atoms with van der Waals surface area (Å²) in [5.41, 5.74) is 5.36. The molecular weight excluding hydrogens is 452 g/mol. The van der Waals surface area contributed by atoms with E-state index in [1.54, 1.807) is 23.5 Å². The highest BCUT2D eigenvalue weighted by atomic mass is 32.1. The molecule has 0 saturated carbocycles. The molecule has 164 valence electrons. The molecule has 0 saturated heterocycles. The van der Waals surface area contributed by atoms with Gasteiger partial charge in [0.05, 0.1) is 23.4 Å². The molecule has 2 aromatic heterocycles. The number of methoxy groups -OCH3 is 1. The molecule has 1 N–H and O–H groups in total. The number of thiophene rings is 1. The number of phenols is 1. The molecule has 2 aromatic carbocycles. The molecule has 1 aliphatic heterocycles. The second-order valence-electron chi connectivity index (χ2n) is 8.06. The Morgan fingerprint density at radius 3 is 2.82 bits per heavy atom. The second-order valence-corrected chi connectivity index (χ2v) is 10.0. The van der Waals surface area contributed by atoms with E-state index in [4.69, 9.17) is 9.73 Å². The van der Waals surface area contributed by atoms with Crippen molar-refractivity contribution in [3.05, 3.63) is 107 Å². The molecule has 5 nitrogen and oxygen atoms in total. The Bertz CT molecular complexity index is 1590. The van der Waals surface area contributed by atoms with Crippen molar-refractivity contribution in [1.29, 1.82) is 0 Å². The van der Waals surface area contributed by atoms with Gasteiger partial charge < -0.3 is 9.84 Å². The molecule has 1 atom stereocenters. The summed E-state index contributed by atoms with van der Waals surface area (Å²) in [5, 5.41) is 12.2. The van der Waals surface area contributed by atoms with Gasteiger partial charge in [-0.25, -0.2) is 4.99 Å². The van der Waals surface area contributed by atoms with Crippen LogP contribution in [-0.2, 0) is 6.42 Å². The van der Waals surface area contributed by atoms with Crippen LogP contribution in [-0.4, -0.2) is 16.8 Å². The van der Waals surface area contributed by atoms with E-state index < -0.39 is 0 Å². The van der Waals surface area contributed by atoms with Crippen LogP contribution in [0.5, 0.6) is 11.5 Å². The molecule has 4 aromatic rings. The van der Waals surface area contributed by atoms with E-state index in [2.05, 4.69) is 35.7 Å². The fourth-order valence-corrected chi connectivity index (χ4v) is 6.52. The third kappa shape index (κ3) is 3.27. The minimum Gasteiger partial charge on any atom is -0.504 e. The first-order valence-corrected chi connectivity index (χ1v) is 12.4. The molecule has 3 heterocycles. The first kappa shape index (κ1) is 20.2. The van der Waals surface area contributed by atoms with E-state index in [9.17, 15) is 9.90 Å².